The lowest BCUT2D eigenvalue weighted by Gasteiger charge is -1.95. The molecule has 1 aromatic heterocycles. The van der Waals surface area contributed by atoms with E-state index in [1.165, 1.54) is 0 Å². The van der Waals surface area contributed by atoms with E-state index in [0.29, 0.717) is 0 Å². The zero-order valence-electron chi connectivity index (χ0n) is 5.20. The van der Waals surface area contributed by atoms with Crippen molar-refractivity contribution < 1.29 is 5.02 Å². The summed E-state index contributed by atoms with van der Waals surface area (Å²) in [5.74, 6) is 0. The third kappa shape index (κ3) is 1.30. The quantitative estimate of drug-likeness (QED) is 0.512. The summed E-state index contributed by atoms with van der Waals surface area (Å²) in [6, 6.07) is 3.59. The van der Waals surface area contributed by atoms with E-state index >= 15 is 0 Å². The van der Waals surface area contributed by atoms with Crippen LogP contribution in [-0.4, -0.2) is 17.5 Å². The molecule has 0 aromatic carbocycles. The molecule has 0 amide bonds. The van der Waals surface area contributed by atoms with Gasteiger partial charge >= 0.3 is 7.48 Å². The van der Waals surface area contributed by atoms with E-state index in [0.717, 1.165) is 18.6 Å². The Morgan fingerprint density at radius 3 is 2.89 bits per heavy atom. The number of hydrogen-bond donors (Lipinski definition) is 1. The molecule has 45 valence electrons. The van der Waals surface area contributed by atoms with Gasteiger partial charge in [-0.05, 0) is 18.5 Å². The summed E-state index contributed by atoms with van der Waals surface area (Å²) in [6.45, 7) is 1.85. The van der Waals surface area contributed by atoms with Crippen molar-refractivity contribution in [1.82, 2.24) is 4.98 Å². The normalized spacial score (nSPS) is 9.11. The Labute approximate surface area is 54.8 Å². The molecule has 1 radical (unpaired) electrons. The zero-order valence-corrected chi connectivity index (χ0v) is 5.20. The van der Waals surface area contributed by atoms with E-state index in [1.54, 1.807) is 12.3 Å². The predicted molar refractivity (Wildman–Crippen MR) is 36.6 cm³/mol. The molecule has 1 aromatic rings. The van der Waals surface area contributed by atoms with Crippen LogP contribution < -0.4 is 5.46 Å². The van der Waals surface area contributed by atoms with Crippen molar-refractivity contribution in [3.63, 3.8) is 0 Å². The number of hydrogen-bond acceptors (Lipinski definition) is 2. The minimum atomic E-state index is 0.775. The first kappa shape index (κ1) is 6.30. The summed E-state index contributed by atoms with van der Waals surface area (Å²) >= 11 is 0. The monoisotopic (exact) mass is 120 g/mol. The predicted octanol–water partition coefficient (Wildman–Crippen LogP) is -0.373. The van der Waals surface area contributed by atoms with Gasteiger partial charge in [0.05, 0.1) is 0 Å². The summed E-state index contributed by atoms with van der Waals surface area (Å²) in [7, 11) is 1.06. The zero-order chi connectivity index (χ0) is 6.69. The maximum Gasteiger partial charge on any atom is 0.328 e. The Kier molecular flexibility index (Phi) is 1.85. The van der Waals surface area contributed by atoms with Gasteiger partial charge in [0.25, 0.3) is 0 Å². The fourth-order valence-corrected chi connectivity index (χ4v) is 0.633. The van der Waals surface area contributed by atoms with Crippen LogP contribution in [0, 0.1) is 6.92 Å². The molecule has 0 aliphatic carbocycles. The molecule has 0 fully saturated rings. The summed E-state index contributed by atoms with van der Waals surface area (Å²) in [5.41, 5.74) is 1.62. The molecule has 0 aliphatic heterocycles. The van der Waals surface area contributed by atoms with Gasteiger partial charge in [-0.3, -0.25) is 4.98 Å². The topological polar surface area (TPSA) is 33.1 Å². The number of rotatable bonds is 1. The Morgan fingerprint density at radius 1 is 1.67 bits per heavy atom. The van der Waals surface area contributed by atoms with Crippen molar-refractivity contribution in [2.24, 2.45) is 0 Å². The molecule has 0 saturated heterocycles. The number of aryl methyl sites for hydroxylation is 1. The van der Waals surface area contributed by atoms with Crippen molar-refractivity contribution in [3.8, 4) is 0 Å². The summed E-state index contributed by atoms with van der Waals surface area (Å²) in [5, 5.41) is 8.55. The van der Waals surface area contributed by atoms with Gasteiger partial charge in [-0.1, -0.05) is 6.07 Å². The van der Waals surface area contributed by atoms with Crippen LogP contribution in [0.3, 0.4) is 0 Å². The third-order valence-corrected chi connectivity index (χ3v) is 1.19. The highest BCUT2D eigenvalue weighted by atomic mass is 16.2. The van der Waals surface area contributed by atoms with Crippen LogP contribution in [0.5, 0.6) is 0 Å². The lowest BCUT2D eigenvalue weighted by atomic mass is 9.88. The van der Waals surface area contributed by atoms with Crippen molar-refractivity contribution in [2.75, 3.05) is 0 Å². The molecule has 2 nitrogen and oxygen atoms in total. The van der Waals surface area contributed by atoms with E-state index in [4.69, 9.17) is 5.02 Å². The van der Waals surface area contributed by atoms with Gasteiger partial charge in [-0.25, -0.2) is 0 Å². The first-order valence-corrected chi connectivity index (χ1v) is 2.73. The fourth-order valence-electron chi connectivity index (χ4n) is 0.633. The van der Waals surface area contributed by atoms with Gasteiger partial charge in [0.1, 0.15) is 0 Å². The highest BCUT2D eigenvalue weighted by molar-refractivity contribution is 6.46. The highest BCUT2D eigenvalue weighted by Gasteiger charge is 1.95. The summed E-state index contributed by atoms with van der Waals surface area (Å²) < 4.78 is 0. The molecule has 1 heterocycles. The van der Waals surface area contributed by atoms with E-state index in [9.17, 15) is 0 Å². The molecule has 0 atom stereocenters. The minimum Gasteiger partial charge on any atom is -0.450 e. The van der Waals surface area contributed by atoms with Gasteiger partial charge in [0, 0.05) is 11.9 Å². The van der Waals surface area contributed by atoms with E-state index in [1.807, 2.05) is 13.0 Å². The average molecular weight is 120 g/mol. The van der Waals surface area contributed by atoms with E-state index < -0.39 is 0 Å². The smallest absolute Gasteiger partial charge is 0.328 e. The van der Waals surface area contributed by atoms with Crippen LogP contribution in [-0.2, 0) is 0 Å². The molecule has 0 aliphatic rings. The van der Waals surface area contributed by atoms with Crippen LogP contribution in [0.1, 0.15) is 5.69 Å². The molecule has 1 rings (SSSR count). The average Bonchev–Trinajstić information content (AvgIpc) is 1.89. The molecule has 9 heavy (non-hydrogen) atoms. The van der Waals surface area contributed by atoms with Crippen LogP contribution in [0.25, 0.3) is 0 Å². The van der Waals surface area contributed by atoms with Crippen molar-refractivity contribution in [1.29, 1.82) is 0 Å². The number of pyridine rings is 1. The molecule has 1 N–H and O–H groups in total. The maximum atomic E-state index is 8.55. The Hall–Kier alpha value is -0.825. The molecular formula is C6H7BNO. The van der Waals surface area contributed by atoms with Crippen LogP contribution in [0.2, 0.25) is 0 Å². The van der Waals surface area contributed by atoms with Gasteiger partial charge in [0.15, 0.2) is 0 Å². The standard InChI is InChI=1S/C6H7BNO/c1-5-6(7-9)3-2-4-8-5/h2-4,9H,1H3. The Morgan fingerprint density at radius 2 is 2.44 bits per heavy atom. The van der Waals surface area contributed by atoms with Gasteiger partial charge in [-0.15, -0.1) is 0 Å². The molecule has 3 heteroatoms. The molecular weight excluding hydrogens is 113 g/mol. The molecule has 0 saturated carbocycles. The molecule has 0 unspecified atom stereocenters. The molecule has 0 spiro atoms. The van der Waals surface area contributed by atoms with Gasteiger partial charge in [0.2, 0.25) is 0 Å². The Balaban J connectivity index is 3.01. The van der Waals surface area contributed by atoms with Crippen LogP contribution >= 0.6 is 0 Å². The molecule has 0 bridgehead atoms. The van der Waals surface area contributed by atoms with Crippen LogP contribution in [0.15, 0.2) is 18.3 Å². The van der Waals surface area contributed by atoms with Crippen molar-refractivity contribution in [2.45, 2.75) is 6.92 Å². The van der Waals surface area contributed by atoms with Gasteiger partial charge in [-0.2, -0.15) is 0 Å². The lowest BCUT2D eigenvalue weighted by Crippen LogP contribution is -2.17. The first-order chi connectivity index (χ1) is 4.34. The second-order valence-electron chi connectivity index (χ2n) is 1.81. The minimum absolute atomic E-state index is 0.775. The van der Waals surface area contributed by atoms with Crippen LogP contribution in [0.4, 0.5) is 0 Å². The Bertz CT molecular complexity index is 202. The third-order valence-electron chi connectivity index (χ3n) is 1.19. The van der Waals surface area contributed by atoms with Gasteiger partial charge < -0.3 is 5.02 Å². The van der Waals surface area contributed by atoms with Crippen molar-refractivity contribution >= 4 is 12.9 Å². The summed E-state index contributed by atoms with van der Waals surface area (Å²) in [6.07, 6.45) is 1.70. The highest BCUT2D eigenvalue weighted by Crippen LogP contribution is 1.83. The second kappa shape index (κ2) is 2.64. The maximum absolute atomic E-state index is 8.55. The van der Waals surface area contributed by atoms with E-state index in [-0.39, 0.29) is 0 Å². The number of aromatic nitrogens is 1. The van der Waals surface area contributed by atoms with Crippen molar-refractivity contribution in [3.05, 3.63) is 24.0 Å². The summed E-state index contributed by atoms with van der Waals surface area (Å²) in [4.78, 5) is 3.96. The fraction of sp³-hybridized carbons (Fsp3) is 0.167. The first-order valence-electron chi connectivity index (χ1n) is 2.73. The second-order valence-corrected chi connectivity index (χ2v) is 1.81. The lowest BCUT2D eigenvalue weighted by molar-refractivity contribution is 0.615. The SMILES string of the molecule is Cc1ncccc1[B]O. The van der Waals surface area contributed by atoms with E-state index in [2.05, 4.69) is 4.98 Å². The largest absolute Gasteiger partial charge is 0.450 e. The number of nitrogens with zero attached hydrogens (tertiary/aromatic N) is 1.